The maximum Gasteiger partial charge on any atom is 0.248 e. The van der Waals surface area contributed by atoms with Gasteiger partial charge in [-0.15, -0.1) is 0 Å². The van der Waals surface area contributed by atoms with Crippen molar-refractivity contribution in [1.29, 1.82) is 0 Å². The van der Waals surface area contributed by atoms with Crippen molar-refractivity contribution in [2.45, 2.75) is 26.8 Å². The lowest BCUT2D eigenvalue weighted by Gasteiger charge is -2.18. The van der Waals surface area contributed by atoms with Gasteiger partial charge in [0.1, 0.15) is 6.61 Å². The normalized spacial score (nSPS) is 13.1. The minimum Gasteiger partial charge on any atom is -0.493 e. The SMILES string of the molecule is COCC(=O)C(=CC(=O)NC(C(C)=O)C(C)C)OC. The van der Waals surface area contributed by atoms with Gasteiger partial charge >= 0.3 is 0 Å². The first-order valence-corrected chi connectivity index (χ1v) is 5.92. The molecule has 6 nitrogen and oxygen atoms in total. The summed E-state index contributed by atoms with van der Waals surface area (Å²) in [6.07, 6.45) is 1.03. The van der Waals surface area contributed by atoms with Gasteiger partial charge in [-0.3, -0.25) is 14.4 Å². The van der Waals surface area contributed by atoms with Crippen molar-refractivity contribution in [2.75, 3.05) is 20.8 Å². The third-order valence-corrected chi connectivity index (χ3v) is 2.43. The highest BCUT2D eigenvalue weighted by Crippen LogP contribution is 2.04. The smallest absolute Gasteiger partial charge is 0.248 e. The predicted octanol–water partition coefficient (Wildman–Crippen LogP) is 0.462. The average Bonchev–Trinajstić information content (AvgIpc) is 2.32. The first-order valence-electron chi connectivity index (χ1n) is 5.92. The molecule has 108 valence electrons. The summed E-state index contributed by atoms with van der Waals surface area (Å²) in [7, 11) is 2.66. The molecule has 0 aromatic rings. The molecule has 0 fully saturated rings. The second kappa shape index (κ2) is 8.42. The molecule has 0 heterocycles. The predicted molar refractivity (Wildman–Crippen MR) is 69.4 cm³/mol. The molecule has 0 aliphatic rings. The summed E-state index contributed by atoms with van der Waals surface area (Å²) in [6, 6.07) is -0.584. The van der Waals surface area contributed by atoms with Gasteiger partial charge in [0.2, 0.25) is 11.7 Å². The van der Waals surface area contributed by atoms with Gasteiger partial charge in [-0.2, -0.15) is 0 Å². The van der Waals surface area contributed by atoms with Crippen LogP contribution >= 0.6 is 0 Å². The van der Waals surface area contributed by atoms with Crippen molar-refractivity contribution in [1.82, 2.24) is 5.32 Å². The Balaban J connectivity index is 4.81. The number of methoxy groups -OCH3 is 2. The van der Waals surface area contributed by atoms with Crippen LogP contribution < -0.4 is 5.32 Å². The Morgan fingerprint density at radius 1 is 1.21 bits per heavy atom. The molecule has 0 rings (SSSR count). The topological polar surface area (TPSA) is 81.7 Å². The lowest BCUT2D eigenvalue weighted by atomic mass is 10.0. The van der Waals surface area contributed by atoms with E-state index in [0.29, 0.717) is 0 Å². The van der Waals surface area contributed by atoms with E-state index in [0.717, 1.165) is 6.08 Å². The van der Waals surface area contributed by atoms with Crippen LogP contribution in [0.3, 0.4) is 0 Å². The Bertz CT molecular complexity index is 373. The summed E-state index contributed by atoms with van der Waals surface area (Å²) in [5.74, 6) is -1.26. The van der Waals surface area contributed by atoms with E-state index in [4.69, 9.17) is 4.74 Å². The number of Topliss-reactive ketones (excluding diaryl/α,β-unsaturated/α-hetero) is 2. The standard InChI is InChI=1S/C13H21NO5/c1-8(2)13(9(3)15)14-12(17)6-11(19-5)10(16)7-18-4/h6,8,13H,7H2,1-5H3,(H,14,17). The Morgan fingerprint density at radius 3 is 2.16 bits per heavy atom. The van der Waals surface area contributed by atoms with Crippen LogP contribution in [-0.2, 0) is 23.9 Å². The van der Waals surface area contributed by atoms with E-state index in [-0.39, 0.29) is 24.1 Å². The highest BCUT2D eigenvalue weighted by Gasteiger charge is 2.20. The molecule has 1 N–H and O–H groups in total. The minimum atomic E-state index is -0.584. The Labute approximate surface area is 113 Å². The molecule has 6 heteroatoms. The van der Waals surface area contributed by atoms with Crippen molar-refractivity contribution >= 4 is 17.5 Å². The van der Waals surface area contributed by atoms with Crippen LogP contribution in [0.2, 0.25) is 0 Å². The van der Waals surface area contributed by atoms with Crippen molar-refractivity contribution in [2.24, 2.45) is 5.92 Å². The van der Waals surface area contributed by atoms with Gasteiger partial charge in [0, 0.05) is 13.2 Å². The second-order valence-corrected chi connectivity index (χ2v) is 4.41. The molecular weight excluding hydrogens is 250 g/mol. The van der Waals surface area contributed by atoms with E-state index in [1.54, 1.807) is 0 Å². The number of rotatable bonds is 8. The highest BCUT2D eigenvalue weighted by molar-refractivity contribution is 6.02. The summed E-state index contributed by atoms with van der Waals surface area (Å²) < 4.78 is 9.49. The fourth-order valence-electron chi connectivity index (χ4n) is 1.51. The molecule has 0 aliphatic carbocycles. The van der Waals surface area contributed by atoms with Crippen molar-refractivity contribution in [3.05, 3.63) is 11.8 Å². The molecule has 0 bridgehead atoms. The molecule has 0 spiro atoms. The van der Waals surface area contributed by atoms with Crippen LogP contribution in [0.4, 0.5) is 0 Å². The lowest BCUT2D eigenvalue weighted by molar-refractivity contribution is -0.125. The van der Waals surface area contributed by atoms with Crippen molar-refractivity contribution in [3.8, 4) is 0 Å². The Morgan fingerprint density at radius 2 is 1.79 bits per heavy atom. The van der Waals surface area contributed by atoms with Gasteiger partial charge in [0.05, 0.1) is 13.2 Å². The second-order valence-electron chi connectivity index (χ2n) is 4.41. The number of carbonyl (C=O) groups excluding carboxylic acids is 3. The first-order chi connectivity index (χ1) is 8.83. The minimum absolute atomic E-state index is 0.0319. The summed E-state index contributed by atoms with van der Waals surface area (Å²) in [6.45, 7) is 4.88. The molecule has 0 aromatic carbocycles. The van der Waals surface area contributed by atoms with E-state index in [1.807, 2.05) is 13.8 Å². The van der Waals surface area contributed by atoms with Crippen LogP contribution in [0.1, 0.15) is 20.8 Å². The van der Waals surface area contributed by atoms with E-state index >= 15 is 0 Å². The monoisotopic (exact) mass is 271 g/mol. The molecule has 1 atom stereocenters. The summed E-state index contributed by atoms with van der Waals surface area (Å²) in [5, 5.41) is 2.54. The number of ketones is 2. The van der Waals surface area contributed by atoms with Gasteiger partial charge in [0.15, 0.2) is 11.5 Å². The number of amides is 1. The number of nitrogens with one attached hydrogen (secondary N) is 1. The third kappa shape index (κ3) is 6.15. The maximum atomic E-state index is 11.7. The molecule has 1 unspecified atom stereocenters. The number of carbonyl (C=O) groups is 3. The zero-order valence-electron chi connectivity index (χ0n) is 12.0. The van der Waals surface area contributed by atoms with Gasteiger partial charge in [-0.1, -0.05) is 13.8 Å². The molecular formula is C13H21NO5. The van der Waals surface area contributed by atoms with E-state index in [2.05, 4.69) is 10.1 Å². The molecule has 1 amide bonds. The highest BCUT2D eigenvalue weighted by atomic mass is 16.5. The van der Waals surface area contributed by atoms with Gasteiger partial charge < -0.3 is 14.8 Å². The molecule has 0 saturated carbocycles. The number of hydrogen-bond donors (Lipinski definition) is 1. The molecule has 19 heavy (non-hydrogen) atoms. The van der Waals surface area contributed by atoms with E-state index in [9.17, 15) is 14.4 Å². The van der Waals surface area contributed by atoms with Gasteiger partial charge in [-0.25, -0.2) is 0 Å². The fraction of sp³-hybridized carbons (Fsp3) is 0.615. The average molecular weight is 271 g/mol. The van der Waals surface area contributed by atoms with E-state index in [1.165, 1.54) is 21.1 Å². The Kier molecular flexibility index (Phi) is 7.67. The molecule has 0 aromatic heterocycles. The van der Waals surface area contributed by atoms with Crippen LogP contribution in [-0.4, -0.2) is 44.3 Å². The fourth-order valence-corrected chi connectivity index (χ4v) is 1.51. The lowest BCUT2D eigenvalue weighted by Crippen LogP contribution is -2.42. The largest absolute Gasteiger partial charge is 0.493 e. The van der Waals surface area contributed by atoms with Gasteiger partial charge in [-0.05, 0) is 12.8 Å². The Hall–Kier alpha value is -1.69. The number of hydrogen-bond acceptors (Lipinski definition) is 5. The van der Waals surface area contributed by atoms with Crippen molar-refractivity contribution < 1.29 is 23.9 Å². The van der Waals surface area contributed by atoms with Crippen LogP contribution in [0.25, 0.3) is 0 Å². The van der Waals surface area contributed by atoms with Gasteiger partial charge in [0.25, 0.3) is 0 Å². The summed E-state index contributed by atoms with van der Waals surface area (Å²) in [4.78, 5) is 34.6. The first kappa shape index (κ1) is 17.3. The third-order valence-electron chi connectivity index (χ3n) is 2.43. The van der Waals surface area contributed by atoms with Crippen LogP contribution in [0, 0.1) is 5.92 Å². The molecule has 0 saturated heterocycles. The van der Waals surface area contributed by atoms with Crippen LogP contribution in [0.5, 0.6) is 0 Å². The zero-order chi connectivity index (χ0) is 15.0. The molecule has 0 radical (unpaired) electrons. The quantitative estimate of drug-likeness (QED) is 0.512. The molecule has 0 aliphatic heterocycles. The van der Waals surface area contributed by atoms with E-state index < -0.39 is 17.7 Å². The summed E-state index contributed by atoms with van der Waals surface area (Å²) in [5.41, 5.74) is 0. The summed E-state index contributed by atoms with van der Waals surface area (Å²) >= 11 is 0. The zero-order valence-corrected chi connectivity index (χ0v) is 12.0. The number of ether oxygens (including phenoxy) is 2. The maximum absolute atomic E-state index is 11.7. The van der Waals surface area contributed by atoms with Crippen molar-refractivity contribution in [3.63, 3.8) is 0 Å². The van der Waals surface area contributed by atoms with Crippen LogP contribution in [0.15, 0.2) is 11.8 Å².